The number of anilines is 1. The highest BCUT2D eigenvalue weighted by Gasteiger charge is 2.13. The van der Waals surface area contributed by atoms with Gasteiger partial charge in [0.15, 0.2) is 11.5 Å². The minimum atomic E-state index is -3.41. The first-order chi connectivity index (χ1) is 12.3. The molecular weight excluding hydrogens is 356 g/mol. The van der Waals surface area contributed by atoms with E-state index in [1.807, 2.05) is 12.1 Å². The number of sulfonamides is 1. The van der Waals surface area contributed by atoms with Crippen molar-refractivity contribution in [2.75, 3.05) is 31.2 Å². The fourth-order valence-corrected chi connectivity index (χ4v) is 2.97. The molecule has 2 aromatic rings. The highest BCUT2D eigenvalue weighted by Crippen LogP contribution is 2.25. The SMILES string of the molecule is COc1ccccc1OCCNC(=O)c1cccc(NS(C)(=O)=O)c1C. The van der Waals surface area contributed by atoms with Crippen molar-refractivity contribution in [3.05, 3.63) is 53.6 Å². The molecule has 0 bridgehead atoms. The summed E-state index contributed by atoms with van der Waals surface area (Å²) in [4.78, 5) is 12.3. The van der Waals surface area contributed by atoms with E-state index in [-0.39, 0.29) is 12.5 Å². The fourth-order valence-electron chi connectivity index (χ4n) is 2.35. The molecule has 8 heteroatoms. The summed E-state index contributed by atoms with van der Waals surface area (Å²) in [6.45, 7) is 2.25. The quantitative estimate of drug-likeness (QED) is 0.687. The lowest BCUT2D eigenvalue weighted by Gasteiger charge is -2.13. The molecule has 7 nitrogen and oxygen atoms in total. The molecular formula is C18H22N2O5S. The average molecular weight is 378 g/mol. The van der Waals surface area contributed by atoms with Crippen LogP contribution >= 0.6 is 0 Å². The molecule has 0 aliphatic heterocycles. The van der Waals surface area contributed by atoms with Gasteiger partial charge in [0.05, 0.1) is 25.6 Å². The predicted molar refractivity (Wildman–Crippen MR) is 100 cm³/mol. The minimum absolute atomic E-state index is 0.270. The van der Waals surface area contributed by atoms with Gasteiger partial charge in [-0.25, -0.2) is 8.42 Å². The normalized spacial score (nSPS) is 10.9. The predicted octanol–water partition coefficient (Wildman–Crippen LogP) is 2.18. The number of para-hydroxylation sites is 2. The molecule has 0 atom stereocenters. The maximum atomic E-state index is 12.3. The van der Waals surface area contributed by atoms with E-state index in [4.69, 9.17) is 9.47 Å². The van der Waals surface area contributed by atoms with Crippen LogP contribution in [-0.2, 0) is 10.0 Å². The molecule has 0 aliphatic carbocycles. The van der Waals surface area contributed by atoms with Crippen molar-refractivity contribution in [2.45, 2.75) is 6.92 Å². The van der Waals surface area contributed by atoms with E-state index in [0.29, 0.717) is 34.9 Å². The summed E-state index contributed by atoms with van der Waals surface area (Å²) >= 11 is 0. The van der Waals surface area contributed by atoms with E-state index < -0.39 is 10.0 Å². The van der Waals surface area contributed by atoms with Gasteiger partial charge in [-0.05, 0) is 36.8 Å². The maximum absolute atomic E-state index is 12.3. The van der Waals surface area contributed by atoms with Gasteiger partial charge in [-0.2, -0.15) is 0 Å². The molecule has 140 valence electrons. The lowest BCUT2D eigenvalue weighted by molar-refractivity contribution is 0.0946. The van der Waals surface area contributed by atoms with Crippen molar-refractivity contribution in [1.82, 2.24) is 5.32 Å². The Balaban J connectivity index is 1.95. The smallest absolute Gasteiger partial charge is 0.251 e. The fraction of sp³-hybridized carbons (Fsp3) is 0.278. The van der Waals surface area contributed by atoms with Gasteiger partial charge in [-0.3, -0.25) is 9.52 Å². The van der Waals surface area contributed by atoms with E-state index in [0.717, 1.165) is 6.26 Å². The van der Waals surface area contributed by atoms with Crippen LogP contribution in [-0.4, -0.2) is 40.8 Å². The molecule has 0 saturated carbocycles. The Bertz CT molecular complexity index is 881. The first-order valence-electron chi connectivity index (χ1n) is 7.93. The zero-order chi connectivity index (χ0) is 19.2. The highest BCUT2D eigenvalue weighted by atomic mass is 32.2. The van der Waals surface area contributed by atoms with Crippen molar-refractivity contribution in [3.63, 3.8) is 0 Å². The Morgan fingerprint density at radius 2 is 1.77 bits per heavy atom. The van der Waals surface area contributed by atoms with Crippen molar-refractivity contribution in [2.24, 2.45) is 0 Å². The van der Waals surface area contributed by atoms with Gasteiger partial charge in [0.1, 0.15) is 6.61 Å². The third-order valence-corrected chi connectivity index (χ3v) is 4.18. The van der Waals surface area contributed by atoms with Gasteiger partial charge in [0.2, 0.25) is 10.0 Å². The molecule has 0 aliphatic rings. The van der Waals surface area contributed by atoms with Gasteiger partial charge in [-0.15, -0.1) is 0 Å². The van der Waals surface area contributed by atoms with Crippen molar-refractivity contribution in [1.29, 1.82) is 0 Å². The van der Waals surface area contributed by atoms with E-state index in [2.05, 4.69) is 10.0 Å². The number of carbonyl (C=O) groups is 1. The van der Waals surface area contributed by atoms with Crippen LogP contribution in [0.1, 0.15) is 15.9 Å². The summed E-state index contributed by atoms with van der Waals surface area (Å²) in [5.74, 6) is 0.914. The molecule has 0 heterocycles. The molecule has 26 heavy (non-hydrogen) atoms. The molecule has 0 fully saturated rings. The van der Waals surface area contributed by atoms with Gasteiger partial charge < -0.3 is 14.8 Å². The average Bonchev–Trinajstić information content (AvgIpc) is 2.59. The van der Waals surface area contributed by atoms with E-state index >= 15 is 0 Å². The summed E-state index contributed by atoms with van der Waals surface area (Å²) in [7, 11) is -1.85. The lowest BCUT2D eigenvalue weighted by Crippen LogP contribution is -2.29. The number of nitrogens with one attached hydrogen (secondary N) is 2. The molecule has 0 spiro atoms. The molecule has 2 N–H and O–H groups in total. The van der Waals surface area contributed by atoms with Crippen molar-refractivity contribution in [3.8, 4) is 11.5 Å². The van der Waals surface area contributed by atoms with Crippen LogP contribution in [0.2, 0.25) is 0 Å². The topological polar surface area (TPSA) is 93.7 Å². The largest absolute Gasteiger partial charge is 0.493 e. The standard InChI is InChI=1S/C18H22N2O5S/c1-13-14(7-6-8-15(13)20-26(3,22)23)18(21)19-11-12-25-17-10-5-4-9-16(17)24-2/h4-10,20H,11-12H2,1-3H3,(H,19,21). The van der Waals surface area contributed by atoms with Crippen LogP contribution in [0.15, 0.2) is 42.5 Å². The summed E-state index contributed by atoms with van der Waals surface area (Å²) < 4.78 is 36.0. The number of methoxy groups -OCH3 is 1. The Morgan fingerprint density at radius 3 is 2.42 bits per heavy atom. The Morgan fingerprint density at radius 1 is 1.08 bits per heavy atom. The molecule has 0 radical (unpaired) electrons. The van der Waals surface area contributed by atoms with E-state index in [9.17, 15) is 13.2 Å². The van der Waals surface area contributed by atoms with Gasteiger partial charge in [0, 0.05) is 5.56 Å². The molecule has 0 aromatic heterocycles. The zero-order valence-electron chi connectivity index (χ0n) is 14.9. The number of ether oxygens (including phenoxy) is 2. The molecule has 0 saturated heterocycles. The van der Waals surface area contributed by atoms with E-state index in [1.165, 1.54) is 0 Å². The first-order valence-corrected chi connectivity index (χ1v) is 9.82. The van der Waals surface area contributed by atoms with Crippen LogP contribution in [0.3, 0.4) is 0 Å². The number of rotatable bonds is 8. The third kappa shape index (κ3) is 5.38. The van der Waals surface area contributed by atoms with Crippen LogP contribution in [0.25, 0.3) is 0 Å². The molecule has 1 amide bonds. The van der Waals surface area contributed by atoms with Crippen molar-refractivity contribution < 1.29 is 22.7 Å². The number of hydrogen-bond acceptors (Lipinski definition) is 5. The number of benzene rings is 2. The summed E-state index contributed by atoms with van der Waals surface area (Å²) in [6, 6.07) is 12.1. The molecule has 2 aromatic carbocycles. The Kier molecular flexibility index (Phi) is 6.46. The Labute approximate surface area is 153 Å². The van der Waals surface area contributed by atoms with Gasteiger partial charge in [-0.1, -0.05) is 18.2 Å². The van der Waals surface area contributed by atoms with Crippen molar-refractivity contribution >= 4 is 21.6 Å². The van der Waals surface area contributed by atoms with Crippen LogP contribution < -0.4 is 19.5 Å². The minimum Gasteiger partial charge on any atom is -0.493 e. The van der Waals surface area contributed by atoms with Gasteiger partial charge in [0.25, 0.3) is 5.91 Å². The summed E-state index contributed by atoms with van der Waals surface area (Å²) in [6.07, 6.45) is 1.06. The van der Waals surface area contributed by atoms with Crippen LogP contribution in [0.5, 0.6) is 11.5 Å². The van der Waals surface area contributed by atoms with Crippen LogP contribution in [0, 0.1) is 6.92 Å². The second-order valence-corrected chi connectivity index (χ2v) is 7.36. The monoisotopic (exact) mass is 378 g/mol. The summed E-state index contributed by atoms with van der Waals surface area (Å²) in [5.41, 5.74) is 1.34. The second kappa shape index (κ2) is 8.57. The van der Waals surface area contributed by atoms with E-state index in [1.54, 1.807) is 44.4 Å². The second-order valence-electron chi connectivity index (χ2n) is 5.61. The van der Waals surface area contributed by atoms with Crippen LogP contribution in [0.4, 0.5) is 5.69 Å². The number of amides is 1. The highest BCUT2D eigenvalue weighted by molar-refractivity contribution is 7.92. The lowest BCUT2D eigenvalue weighted by atomic mass is 10.1. The maximum Gasteiger partial charge on any atom is 0.251 e. The van der Waals surface area contributed by atoms with Gasteiger partial charge >= 0.3 is 0 Å². The molecule has 2 rings (SSSR count). The number of carbonyl (C=O) groups excluding carboxylic acids is 1. The molecule has 0 unspecified atom stereocenters. The number of hydrogen-bond donors (Lipinski definition) is 2. The first kappa shape index (κ1) is 19.6. The zero-order valence-corrected chi connectivity index (χ0v) is 15.7. The summed E-state index contributed by atoms with van der Waals surface area (Å²) in [5, 5.41) is 2.76. The third-order valence-electron chi connectivity index (χ3n) is 3.59. The Hall–Kier alpha value is -2.74.